The van der Waals surface area contributed by atoms with Crippen LogP contribution in [0.25, 0.3) is 10.8 Å². The van der Waals surface area contributed by atoms with E-state index in [4.69, 9.17) is 0 Å². The first-order valence-corrected chi connectivity index (χ1v) is 8.09. The van der Waals surface area contributed by atoms with Crippen molar-refractivity contribution in [1.29, 1.82) is 0 Å². The van der Waals surface area contributed by atoms with Crippen LogP contribution < -0.4 is 0 Å². The van der Waals surface area contributed by atoms with E-state index in [-0.39, 0.29) is 0 Å². The lowest BCUT2D eigenvalue weighted by atomic mass is 9.86. The topological polar surface area (TPSA) is 0 Å². The predicted octanol–water partition coefficient (Wildman–Crippen LogP) is 5.72. The molecule has 0 spiro atoms. The molecular weight excluding hydrogens is 248 g/mol. The Labute approximate surface area is 121 Å². The highest BCUT2D eigenvalue weighted by molar-refractivity contribution is 7.98. The first-order valence-electron chi connectivity index (χ1n) is 6.86. The van der Waals surface area contributed by atoms with Crippen molar-refractivity contribution in [3.63, 3.8) is 0 Å². The summed E-state index contributed by atoms with van der Waals surface area (Å²) in [6.45, 7) is 15.9. The van der Waals surface area contributed by atoms with Crippen molar-refractivity contribution < 1.29 is 0 Å². The lowest BCUT2D eigenvalue weighted by molar-refractivity contribution is 1.18. The third kappa shape index (κ3) is 1.90. The Morgan fingerprint density at radius 3 is 1.26 bits per heavy atom. The van der Waals surface area contributed by atoms with Crippen LogP contribution in [0.2, 0.25) is 0 Å². The Hall–Kier alpha value is -0.950. The van der Waals surface area contributed by atoms with Gasteiger partial charge in [-0.05, 0) is 104 Å². The first-order chi connectivity index (χ1) is 8.82. The van der Waals surface area contributed by atoms with Gasteiger partial charge in [-0.3, -0.25) is 0 Å². The monoisotopic (exact) mass is 272 g/mol. The summed E-state index contributed by atoms with van der Waals surface area (Å²) in [5.41, 5.74) is 10.1. The van der Waals surface area contributed by atoms with Crippen LogP contribution in [-0.4, -0.2) is 6.26 Å². The number of hydrogen-bond donors (Lipinski definition) is 0. The lowest BCUT2D eigenvalue weighted by Gasteiger charge is -2.22. The van der Waals surface area contributed by atoms with Gasteiger partial charge in [-0.2, -0.15) is 0 Å². The van der Waals surface area contributed by atoms with Crippen LogP contribution in [0.15, 0.2) is 4.90 Å². The van der Waals surface area contributed by atoms with Gasteiger partial charge in [0.1, 0.15) is 0 Å². The van der Waals surface area contributed by atoms with Gasteiger partial charge >= 0.3 is 0 Å². The fourth-order valence-corrected chi connectivity index (χ4v) is 4.07. The lowest BCUT2D eigenvalue weighted by Crippen LogP contribution is -2.01. The number of fused-ring (bicyclic) bond motifs is 1. The second kappa shape index (κ2) is 4.86. The SMILES string of the molecule is CSc1c(C)c(C)c(C)c2c(C)c(C)c(C)c(C)c12. The fourth-order valence-electron chi connectivity index (χ4n) is 3.15. The second-order valence-electron chi connectivity index (χ2n) is 5.66. The largest absolute Gasteiger partial charge is 0.129 e. The smallest absolute Gasteiger partial charge is 0.0183 e. The van der Waals surface area contributed by atoms with E-state index in [1.165, 1.54) is 54.6 Å². The molecule has 2 aromatic rings. The van der Waals surface area contributed by atoms with E-state index in [9.17, 15) is 0 Å². The molecule has 1 heteroatoms. The minimum atomic E-state index is 1.45. The molecule has 102 valence electrons. The average molecular weight is 272 g/mol. The maximum absolute atomic E-state index is 2.28. The molecular formula is C18H24S. The zero-order valence-electron chi connectivity index (χ0n) is 13.4. The van der Waals surface area contributed by atoms with Crippen LogP contribution in [-0.2, 0) is 0 Å². The van der Waals surface area contributed by atoms with Crippen molar-refractivity contribution in [1.82, 2.24) is 0 Å². The first kappa shape index (κ1) is 14.5. The highest BCUT2D eigenvalue weighted by Gasteiger charge is 2.17. The highest BCUT2D eigenvalue weighted by atomic mass is 32.2. The van der Waals surface area contributed by atoms with Crippen LogP contribution in [0.3, 0.4) is 0 Å². The van der Waals surface area contributed by atoms with Crippen molar-refractivity contribution in [2.75, 3.05) is 6.26 Å². The molecule has 0 unspecified atom stereocenters. The Morgan fingerprint density at radius 1 is 0.474 bits per heavy atom. The molecule has 0 atom stereocenters. The molecule has 19 heavy (non-hydrogen) atoms. The standard InChI is InChI=1S/C18H24S/c1-9-10(2)14(6)17-16(12(9)4)13(5)11(3)15(7)18(17)19-8/h1-8H3. The molecule has 0 heterocycles. The second-order valence-corrected chi connectivity index (χ2v) is 6.47. The van der Waals surface area contributed by atoms with Gasteiger partial charge in [0.15, 0.2) is 0 Å². The molecule has 0 bridgehead atoms. The normalized spacial score (nSPS) is 11.4. The van der Waals surface area contributed by atoms with Crippen molar-refractivity contribution in [2.45, 2.75) is 53.4 Å². The minimum absolute atomic E-state index is 1.45. The number of benzene rings is 2. The number of rotatable bonds is 1. The summed E-state index contributed by atoms with van der Waals surface area (Å²) in [6.07, 6.45) is 2.19. The van der Waals surface area contributed by atoms with Crippen LogP contribution >= 0.6 is 11.8 Å². The number of hydrogen-bond acceptors (Lipinski definition) is 1. The molecule has 0 radical (unpaired) electrons. The molecule has 0 nitrogen and oxygen atoms in total. The molecule has 0 N–H and O–H groups in total. The van der Waals surface area contributed by atoms with E-state index >= 15 is 0 Å². The third-order valence-electron chi connectivity index (χ3n) is 4.96. The zero-order valence-corrected chi connectivity index (χ0v) is 14.2. The van der Waals surface area contributed by atoms with Gasteiger partial charge in [0.2, 0.25) is 0 Å². The van der Waals surface area contributed by atoms with Gasteiger partial charge in [0.25, 0.3) is 0 Å². The summed E-state index contributed by atoms with van der Waals surface area (Å²) in [7, 11) is 0. The zero-order chi connectivity index (χ0) is 14.5. The van der Waals surface area contributed by atoms with E-state index in [1.807, 2.05) is 11.8 Å². The van der Waals surface area contributed by atoms with Crippen LogP contribution in [0, 0.1) is 48.5 Å². The Bertz CT molecular complexity index is 670. The predicted molar refractivity (Wildman–Crippen MR) is 88.9 cm³/mol. The Balaban J connectivity index is 3.21. The van der Waals surface area contributed by atoms with E-state index < -0.39 is 0 Å². The molecule has 0 aliphatic rings. The summed E-state index contributed by atoms with van der Waals surface area (Å²) < 4.78 is 0. The summed E-state index contributed by atoms with van der Waals surface area (Å²) in [6, 6.07) is 0. The molecule has 0 aliphatic heterocycles. The van der Waals surface area contributed by atoms with Crippen molar-refractivity contribution in [3.05, 3.63) is 38.9 Å². The quantitative estimate of drug-likeness (QED) is 0.598. The van der Waals surface area contributed by atoms with Crippen molar-refractivity contribution in [3.8, 4) is 0 Å². The van der Waals surface area contributed by atoms with Gasteiger partial charge < -0.3 is 0 Å². The molecule has 2 rings (SSSR count). The summed E-state index contributed by atoms with van der Waals surface area (Å²) in [4.78, 5) is 1.46. The van der Waals surface area contributed by atoms with Gasteiger partial charge in [-0.15, -0.1) is 11.8 Å². The van der Waals surface area contributed by atoms with E-state index in [0.29, 0.717) is 0 Å². The van der Waals surface area contributed by atoms with Gasteiger partial charge in [-0.1, -0.05) is 0 Å². The van der Waals surface area contributed by atoms with Crippen LogP contribution in [0.4, 0.5) is 0 Å². The summed E-state index contributed by atoms with van der Waals surface area (Å²) >= 11 is 1.89. The maximum Gasteiger partial charge on any atom is 0.0183 e. The van der Waals surface area contributed by atoms with Crippen molar-refractivity contribution >= 4 is 22.5 Å². The van der Waals surface area contributed by atoms with E-state index in [2.05, 4.69) is 54.7 Å². The van der Waals surface area contributed by atoms with Crippen LogP contribution in [0.5, 0.6) is 0 Å². The highest BCUT2D eigenvalue weighted by Crippen LogP contribution is 2.40. The average Bonchev–Trinajstić information content (AvgIpc) is 2.40. The molecule has 0 fully saturated rings. The summed E-state index contributed by atoms with van der Waals surface area (Å²) in [5.74, 6) is 0. The minimum Gasteiger partial charge on any atom is -0.129 e. The number of aryl methyl sites for hydroxylation is 3. The van der Waals surface area contributed by atoms with Gasteiger partial charge in [-0.25, -0.2) is 0 Å². The van der Waals surface area contributed by atoms with E-state index in [1.54, 1.807) is 0 Å². The maximum atomic E-state index is 2.28. The fraction of sp³-hybridized carbons (Fsp3) is 0.444. The molecule has 0 saturated heterocycles. The summed E-state index contributed by atoms with van der Waals surface area (Å²) in [5, 5.41) is 2.96. The van der Waals surface area contributed by atoms with Gasteiger partial charge in [0, 0.05) is 4.90 Å². The molecule has 0 aliphatic carbocycles. The number of thioether (sulfide) groups is 1. The molecule has 2 aromatic carbocycles. The third-order valence-corrected chi connectivity index (χ3v) is 5.88. The molecule has 0 aromatic heterocycles. The van der Waals surface area contributed by atoms with E-state index in [0.717, 1.165) is 0 Å². The van der Waals surface area contributed by atoms with Crippen molar-refractivity contribution in [2.24, 2.45) is 0 Å². The van der Waals surface area contributed by atoms with Crippen LogP contribution in [0.1, 0.15) is 38.9 Å². The molecule has 0 saturated carbocycles. The Kier molecular flexibility index (Phi) is 3.70. The van der Waals surface area contributed by atoms with Gasteiger partial charge in [0.05, 0.1) is 0 Å². The molecule has 0 amide bonds. The Morgan fingerprint density at radius 2 is 0.842 bits per heavy atom.